The molecule has 0 aliphatic carbocycles. The van der Waals surface area contributed by atoms with E-state index in [1.54, 1.807) is 6.07 Å². The number of anilines is 1. The lowest BCUT2D eigenvalue weighted by Gasteiger charge is -2.24. The van der Waals surface area contributed by atoms with Crippen molar-refractivity contribution in [3.63, 3.8) is 0 Å². The largest absolute Gasteiger partial charge is 0.488 e. The topological polar surface area (TPSA) is 43.7 Å². The second kappa shape index (κ2) is 6.59. The molecular weight excluding hydrogens is 249 g/mol. The van der Waals surface area contributed by atoms with Crippen molar-refractivity contribution in [1.82, 2.24) is 0 Å². The number of aryl methyl sites for hydroxylation is 1. The van der Waals surface area contributed by atoms with Gasteiger partial charge in [-0.3, -0.25) is 0 Å². The third kappa shape index (κ3) is 3.41. The first kappa shape index (κ1) is 14.6. The summed E-state index contributed by atoms with van der Waals surface area (Å²) in [6, 6.07) is 15.8. The van der Waals surface area contributed by atoms with E-state index in [2.05, 4.69) is 43.0 Å². The third-order valence-corrected chi connectivity index (χ3v) is 3.48. The van der Waals surface area contributed by atoms with Crippen LogP contribution in [-0.2, 0) is 6.54 Å². The normalized spacial score (nSPS) is 10.4. The van der Waals surface area contributed by atoms with E-state index in [1.807, 2.05) is 18.2 Å². The summed E-state index contributed by atoms with van der Waals surface area (Å²) in [6.07, 6.45) is 0. The Labute approximate surface area is 120 Å². The molecule has 0 atom stereocenters. The SMILES string of the molecule is CCN(Cc1ccccc1B(O)O)c1ccc(C)cc1. The van der Waals surface area contributed by atoms with Gasteiger partial charge in [-0.2, -0.15) is 0 Å². The Morgan fingerprint density at radius 2 is 1.65 bits per heavy atom. The van der Waals surface area contributed by atoms with E-state index in [1.165, 1.54) is 5.56 Å². The highest BCUT2D eigenvalue weighted by molar-refractivity contribution is 6.59. The Bertz CT molecular complexity index is 555. The fourth-order valence-corrected chi connectivity index (χ4v) is 2.28. The van der Waals surface area contributed by atoms with E-state index in [9.17, 15) is 10.0 Å². The smallest absolute Gasteiger partial charge is 0.423 e. The highest BCUT2D eigenvalue weighted by Gasteiger charge is 2.16. The molecule has 0 amide bonds. The molecule has 0 fully saturated rings. The number of benzene rings is 2. The number of nitrogens with zero attached hydrogens (tertiary/aromatic N) is 1. The van der Waals surface area contributed by atoms with Gasteiger partial charge < -0.3 is 14.9 Å². The average molecular weight is 269 g/mol. The minimum absolute atomic E-state index is 0.568. The summed E-state index contributed by atoms with van der Waals surface area (Å²) in [5, 5.41) is 18.9. The molecule has 0 radical (unpaired) electrons. The van der Waals surface area contributed by atoms with Crippen molar-refractivity contribution in [2.75, 3.05) is 11.4 Å². The Balaban J connectivity index is 2.24. The molecule has 0 aliphatic heterocycles. The van der Waals surface area contributed by atoms with Crippen molar-refractivity contribution in [3.8, 4) is 0 Å². The van der Waals surface area contributed by atoms with Crippen LogP contribution in [0.3, 0.4) is 0 Å². The number of rotatable bonds is 5. The third-order valence-electron chi connectivity index (χ3n) is 3.48. The van der Waals surface area contributed by atoms with Gasteiger partial charge in [-0.05, 0) is 37.0 Å². The van der Waals surface area contributed by atoms with Gasteiger partial charge in [0.15, 0.2) is 0 Å². The zero-order valence-electron chi connectivity index (χ0n) is 12.0. The summed E-state index contributed by atoms with van der Waals surface area (Å²) in [5.74, 6) is 0. The Hall–Kier alpha value is -1.78. The van der Waals surface area contributed by atoms with Crippen LogP contribution in [0.1, 0.15) is 18.1 Å². The van der Waals surface area contributed by atoms with Crippen LogP contribution in [-0.4, -0.2) is 23.7 Å². The van der Waals surface area contributed by atoms with E-state index in [0.717, 1.165) is 17.8 Å². The van der Waals surface area contributed by atoms with Crippen molar-refractivity contribution in [2.45, 2.75) is 20.4 Å². The fourth-order valence-electron chi connectivity index (χ4n) is 2.28. The summed E-state index contributed by atoms with van der Waals surface area (Å²) >= 11 is 0. The maximum atomic E-state index is 9.43. The molecule has 3 nitrogen and oxygen atoms in total. The monoisotopic (exact) mass is 269 g/mol. The minimum Gasteiger partial charge on any atom is -0.423 e. The second-order valence-electron chi connectivity index (χ2n) is 4.92. The van der Waals surface area contributed by atoms with Crippen LogP contribution in [0.4, 0.5) is 5.69 Å². The summed E-state index contributed by atoms with van der Waals surface area (Å²) in [5.41, 5.74) is 3.87. The lowest BCUT2D eigenvalue weighted by atomic mass is 9.77. The van der Waals surface area contributed by atoms with Crippen molar-refractivity contribution in [3.05, 3.63) is 59.7 Å². The van der Waals surface area contributed by atoms with Gasteiger partial charge >= 0.3 is 7.12 Å². The van der Waals surface area contributed by atoms with Gasteiger partial charge in [-0.25, -0.2) is 0 Å². The molecule has 104 valence electrons. The Morgan fingerprint density at radius 1 is 1.00 bits per heavy atom. The van der Waals surface area contributed by atoms with Crippen LogP contribution in [0.25, 0.3) is 0 Å². The van der Waals surface area contributed by atoms with Crippen LogP contribution in [0.15, 0.2) is 48.5 Å². The molecule has 0 bridgehead atoms. The maximum absolute atomic E-state index is 9.43. The first-order valence-electron chi connectivity index (χ1n) is 6.87. The molecule has 2 aromatic rings. The van der Waals surface area contributed by atoms with Crippen molar-refractivity contribution >= 4 is 18.3 Å². The highest BCUT2D eigenvalue weighted by atomic mass is 16.4. The molecule has 0 saturated carbocycles. The Morgan fingerprint density at radius 3 is 2.25 bits per heavy atom. The van der Waals surface area contributed by atoms with E-state index in [4.69, 9.17) is 0 Å². The molecule has 2 aromatic carbocycles. The van der Waals surface area contributed by atoms with Crippen LogP contribution in [0.5, 0.6) is 0 Å². The van der Waals surface area contributed by atoms with Gasteiger partial charge in [0.2, 0.25) is 0 Å². The van der Waals surface area contributed by atoms with E-state index < -0.39 is 7.12 Å². The van der Waals surface area contributed by atoms with E-state index >= 15 is 0 Å². The molecule has 4 heteroatoms. The van der Waals surface area contributed by atoms with E-state index in [0.29, 0.717) is 12.0 Å². The lowest BCUT2D eigenvalue weighted by molar-refractivity contribution is 0.425. The number of hydrogen-bond acceptors (Lipinski definition) is 3. The van der Waals surface area contributed by atoms with Crippen molar-refractivity contribution in [1.29, 1.82) is 0 Å². The van der Waals surface area contributed by atoms with Gasteiger partial charge in [0.1, 0.15) is 0 Å². The molecular formula is C16H20BNO2. The predicted octanol–water partition coefficient (Wildman–Crippen LogP) is 1.70. The highest BCUT2D eigenvalue weighted by Crippen LogP contribution is 2.17. The molecule has 0 saturated heterocycles. The van der Waals surface area contributed by atoms with Gasteiger partial charge in [-0.15, -0.1) is 0 Å². The first-order valence-corrected chi connectivity index (χ1v) is 6.87. The molecule has 2 N–H and O–H groups in total. The summed E-state index contributed by atoms with van der Waals surface area (Å²) in [7, 11) is -1.43. The zero-order chi connectivity index (χ0) is 14.5. The quantitative estimate of drug-likeness (QED) is 0.812. The van der Waals surface area contributed by atoms with E-state index in [-0.39, 0.29) is 0 Å². The molecule has 0 unspecified atom stereocenters. The number of hydrogen-bond donors (Lipinski definition) is 2. The molecule has 20 heavy (non-hydrogen) atoms. The lowest BCUT2D eigenvalue weighted by Crippen LogP contribution is -2.35. The maximum Gasteiger partial charge on any atom is 0.488 e. The standard InChI is InChI=1S/C16H20BNO2/c1-3-18(15-10-8-13(2)9-11-15)12-14-6-4-5-7-16(14)17(19)20/h4-11,19-20H,3,12H2,1-2H3. The Kier molecular flexibility index (Phi) is 4.82. The molecule has 0 aromatic heterocycles. The molecule has 0 aliphatic rings. The van der Waals surface area contributed by atoms with Crippen molar-refractivity contribution < 1.29 is 10.0 Å². The van der Waals surface area contributed by atoms with Gasteiger partial charge in [0, 0.05) is 18.8 Å². The summed E-state index contributed by atoms with van der Waals surface area (Å²) < 4.78 is 0. The fraction of sp³-hybridized carbons (Fsp3) is 0.250. The molecule has 2 rings (SSSR count). The summed E-state index contributed by atoms with van der Waals surface area (Å²) in [6.45, 7) is 5.68. The summed E-state index contributed by atoms with van der Waals surface area (Å²) in [4.78, 5) is 2.21. The van der Waals surface area contributed by atoms with Crippen LogP contribution in [0.2, 0.25) is 0 Å². The molecule has 0 spiro atoms. The first-order chi connectivity index (χ1) is 9.61. The molecule has 0 heterocycles. The van der Waals surface area contributed by atoms with Gasteiger partial charge in [0.05, 0.1) is 0 Å². The van der Waals surface area contributed by atoms with Gasteiger partial charge in [0.25, 0.3) is 0 Å². The van der Waals surface area contributed by atoms with Crippen LogP contribution >= 0.6 is 0 Å². The van der Waals surface area contributed by atoms with Gasteiger partial charge in [-0.1, -0.05) is 42.0 Å². The second-order valence-corrected chi connectivity index (χ2v) is 4.92. The zero-order valence-corrected chi connectivity index (χ0v) is 12.0. The van der Waals surface area contributed by atoms with Crippen molar-refractivity contribution in [2.24, 2.45) is 0 Å². The predicted molar refractivity (Wildman–Crippen MR) is 84.2 cm³/mol. The van der Waals surface area contributed by atoms with Crippen LogP contribution in [0, 0.1) is 6.92 Å². The average Bonchev–Trinajstić information content (AvgIpc) is 2.46. The minimum atomic E-state index is -1.43. The van der Waals surface area contributed by atoms with Crippen LogP contribution < -0.4 is 10.4 Å².